The fraction of sp³-hybridized carbons (Fsp3) is 0.553. The van der Waals surface area contributed by atoms with Crippen LogP contribution in [0.3, 0.4) is 0 Å². The van der Waals surface area contributed by atoms with Gasteiger partial charge in [0.25, 0.3) is 5.24 Å². The number of aliphatic carboxylic acids is 3. The van der Waals surface area contributed by atoms with Gasteiger partial charge in [0.1, 0.15) is 84.0 Å². The van der Waals surface area contributed by atoms with Crippen LogP contribution in [0.2, 0.25) is 0 Å². The Morgan fingerprint density at radius 1 is 0.436 bits per heavy atom. The van der Waals surface area contributed by atoms with Crippen LogP contribution < -0.4 is 85.5 Å². The highest BCUT2D eigenvalue weighted by atomic mass is 32.2. The summed E-state index contributed by atoms with van der Waals surface area (Å²) in [6, 6.07) is -4.42. The van der Waals surface area contributed by atoms with Crippen molar-refractivity contribution in [2.24, 2.45) is 17.6 Å². The monoisotopic (exact) mass is 1910 g/mol. The predicted octanol–water partition coefficient (Wildman–Crippen LogP) is -5.33. The van der Waals surface area contributed by atoms with Crippen LogP contribution in [-0.2, 0) is 110 Å². The molecule has 0 spiro atoms. The minimum atomic E-state index is -2.23. The number of phenols is 2. The molecule has 26 N–H and O–H groups in total. The number of aliphatic hydroxyl groups excluding tert-OH is 4. The summed E-state index contributed by atoms with van der Waals surface area (Å²) in [6.07, 6.45) is -6.47. The summed E-state index contributed by atoms with van der Waals surface area (Å²) in [7, 11) is 0. The zero-order valence-electron chi connectivity index (χ0n) is 75.0. The molecule has 734 valence electrons. The van der Waals surface area contributed by atoms with Gasteiger partial charge in [-0.1, -0.05) is 95.1 Å². The number of hydrogen-bond acceptors (Lipinski definition) is 29. The van der Waals surface area contributed by atoms with Crippen LogP contribution in [0.25, 0.3) is 0 Å². The van der Waals surface area contributed by atoms with E-state index >= 15 is 0 Å². The molecule has 133 heavy (non-hydrogen) atoms. The molecule has 1 aliphatic heterocycles. The molecule has 0 unspecified atom stereocenters. The van der Waals surface area contributed by atoms with E-state index in [1.807, 2.05) is 0 Å². The van der Waals surface area contributed by atoms with E-state index in [4.69, 9.17) is 5.73 Å². The fourth-order valence-electron chi connectivity index (χ4n) is 13.0. The van der Waals surface area contributed by atoms with Gasteiger partial charge in [-0.2, -0.15) is 0 Å². The van der Waals surface area contributed by atoms with Crippen molar-refractivity contribution < 1.29 is 142 Å². The Kier molecular flexibility index (Phi) is 47.7. The smallest absolute Gasteiger partial charge is 0.305 e. The van der Waals surface area contributed by atoms with Crippen LogP contribution in [0.5, 0.6) is 11.5 Å². The average Bonchev–Trinajstić information content (AvgIpc) is 1.65. The largest absolute Gasteiger partial charge is 0.508 e. The zero-order chi connectivity index (χ0) is 99.7. The van der Waals surface area contributed by atoms with Gasteiger partial charge in [-0.3, -0.25) is 101 Å². The molecular formula is C85H123N17O29S2. The minimum Gasteiger partial charge on any atom is -0.508 e. The number of thioether (sulfide) groups is 2. The van der Waals surface area contributed by atoms with E-state index in [-0.39, 0.29) is 61.1 Å². The molecule has 48 heteroatoms. The lowest BCUT2D eigenvalue weighted by Crippen LogP contribution is -2.63. The molecule has 17 amide bonds. The summed E-state index contributed by atoms with van der Waals surface area (Å²) in [6.45, 7) is 10.1. The standard InChI is InChI=1S/C85H123N17O29S2/c1-10-44(4)68(80(127)95-56(35-50-21-25-52(108)26-22-50)74(121)91-54(32-43(2)3)73(120)93-58(36-66(114)115)72(119)89-45(5)16-14-15-29-86)100-79(126)61(40-104)97-75(122)55(34-49-19-23-51(107)24-20-49)92-76(123)59(37-67(116)117)94-78(125)60(39-103)98-82(129)70(47(7)106)101-77(124)57(33-48-17-12-11-13-18-48)96-81(128)69(46(6)105)99-62(109)38-88-71(118)53(27-28-65(112)113)90-64(111)42-132-41-63(110)87-30-31-102-83(130)85(8,9)133-84(102)131/h11-13,17-26,43-47,53-61,68-70,103-108H,10,14-16,27-42,86H2,1-9H3,(H,87,110)(H,88,118)(H,89,119)(H,90,111)(H,91,121)(H,92,123)(H,93,120)(H,94,125)(H,95,127)(H,96,128)(H,97,122)(H,98,129)(H,99,109)(H,100,126)(H,101,124)(H,112,113)(H,114,115)(H,116,117)/t44-,45+,46+,47+,53-,54-,55-,56-,57-,58-,59-,60-,61-,68-,69-,70-/m0/s1. The van der Waals surface area contributed by atoms with E-state index in [1.165, 1.54) is 67.6 Å². The van der Waals surface area contributed by atoms with E-state index in [9.17, 15) is 142 Å². The van der Waals surface area contributed by atoms with E-state index in [0.717, 1.165) is 42.3 Å². The van der Waals surface area contributed by atoms with E-state index in [0.29, 0.717) is 36.9 Å². The van der Waals surface area contributed by atoms with Crippen molar-refractivity contribution in [2.45, 2.75) is 235 Å². The summed E-state index contributed by atoms with van der Waals surface area (Å²) in [5.41, 5.74) is 6.48. The van der Waals surface area contributed by atoms with Gasteiger partial charge in [0.15, 0.2) is 0 Å². The number of carbonyl (C=O) groups is 20. The third-order valence-electron chi connectivity index (χ3n) is 20.5. The van der Waals surface area contributed by atoms with Crippen molar-refractivity contribution in [1.29, 1.82) is 0 Å². The minimum absolute atomic E-state index is 0.0814. The van der Waals surface area contributed by atoms with Gasteiger partial charge in [-0.15, -0.1) is 11.8 Å². The Hall–Kier alpha value is -12.6. The molecular weight excluding hydrogens is 1790 g/mol. The van der Waals surface area contributed by atoms with Crippen molar-refractivity contribution in [3.05, 3.63) is 95.6 Å². The number of carboxylic acids is 3. The second-order valence-corrected chi connectivity index (χ2v) is 35.2. The maximum Gasteiger partial charge on any atom is 0.305 e. The summed E-state index contributed by atoms with van der Waals surface area (Å²) in [4.78, 5) is 271. The molecule has 46 nitrogen and oxygen atoms in total. The first-order chi connectivity index (χ1) is 62.6. The Labute approximate surface area is 774 Å². The van der Waals surface area contributed by atoms with Crippen molar-refractivity contribution in [2.75, 3.05) is 50.9 Å². The molecule has 3 aromatic carbocycles. The number of carbonyl (C=O) groups excluding carboxylic acids is 17. The fourth-order valence-corrected chi connectivity index (χ4v) is 14.6. The Bertz CT molecular complexity index is 4530. The number of hydrogen-bond donors (Lipinski definition) is 25. The van der Waals surface area contributed by atoms with Gasteiger partial charge < -0.3 is 131 Å². The third-order valence-corrected chi connectivity index (χ3v) is 22.5. The maximum absolute atomic E-state index is 14.7. The van der Waals surface area contributed by atoms with Crippen LogP contribution >= 0.6 is 23.5 Å². The second-order valence-electron chi connectivity index (χ2n) is 32.6. The first kappa shape index (κ1) is 113. The van der Waals surface area contributed by atoms with Gasteiger partial charge in [-0.25, -0.2) is 0 Å². The van der Waals surface area contributed by atoms with Gasteiger partial charge in [0, 0.05) is 44.8 Å². The molecule has 3 aromatic rings. The normalized spacial score (nSPS) is 15.8. The molecule has 4 rings (SSSR count). The van der Waals surface area contributed by atoms with E-state index in [1.54, 1.807) is 59.7 Å². The molecule has 1 aliphatic rings. The molecule has 0 bridgehead atoms. The molecule has 0 radical (unpaired) electrons. The number of aliphatic hydroxyl groups is 4. The molecule has 0 saturated carbocycles. The van der Waals surface area contributed by atoms with Crippen molar-refractivity contribution >= 4 is 141 Å². The van der Waals surface area contributed by atoms with Crippen LogP contribution in [0.15, 0.2) is 78.9 Å². The number of imide groups is 1. The molecule has 1 heterocycles. The number of unbranched alkanes of at least 4 members (excludes halogenated alkanes) is 1. The van der Waals surface area contributed by atoms with Crippen LogP contribution in [-0.4, -0.2) is 315 Å². The number of nitrogens with one attached hydrogen (secondary N) is 15. The first-order valence-electron chi connectivity index (χ1n) is 42.7. The van der Waals surface area contributed by atoms with Crippen LogP contribution in [0.4, 0.5) is 4.79 Å². The SMILES string of the molecule is CC[C@H](C)[C@H](NC(=O)[C@H](CO)NC(=O)[C@H](Cc1ccc(O)cc1)NC(=O)[C@H](CC(=O)O)NC(=O)[C@H](CO)NC(=O)[C@@H](NC(=O)[C@H](Cc1ccccc1)NC(=O)[C@@H](NC(=O)CNC(=O)[C@H](CCC(=O)O)NC(=O)CSCC(=O)NCCN1C(=O)SC(C)(C)C1=O)[C@@H](C)O)[C@@H](C)O)C(=O)N[C@@H](Cc1ccc(O)cc1)C(=O)N[C@@H](CC(C)C)C(=O)N[C@@H](CC(=O)O)C(=O)N[C@H](C)CCCCN. The van der Waals surface area contributed by atoms with Gasteiger partial charge in [0.05, 0.1) is 61.1 Å². The van der Waals surface area contributed by atoms with E-state index in [2.05, 4.69) is 79.8 Å². The number of rotatable bonds is 59. The summed E-state index contributed by atoms with van der Waals surface area (Å²) in [5.74, 6) is -24.3. The lowest BCUT2D eigenvalue weighted by molar-refractivity contribution is -0.142. The Balaban J connectivity index is 1.52. The van der Waals surface area contributed by atoms with Crippen molar-refractivity contribution in [3.8, 4) is 11.5 Å². The number of aromatic hydroxyl groups is 2. The highest BCUT2D eigenvalue weighted by Gasteiger charge is 2.46. The number of nitrogens with two attached hydrogens (primary N) is 1. The maximum atomic E-state index is 14.7. The number of amides is 17. The van der Waals surface area contributed by atoms with Crippen molar-refractivity contribution in [3.63, 3.8) is 0 Å². The van der Waals surface area contributed by atoms with Gasteiger partial charge >= 0.3 is 17.9 Å². The lowest BCUT2D eigenvalue weighted by Gasteiger charge is -2.30. The molecule has 1 fully saturated rings. The summed E-state index contributed by atoms with van der Waals surface area (Å²) < 4.78 is -0.969. The number of phenolic OH excluding ortho intramolecular Hbond substituents is 2. The summed E-state index contributed by atoms with van der Waals surface area (Å²) in [5, 5.41) is 128. The lowest BCUT2D eigenvalue weighted by atomic mass is 9.96. The highest BCUT2D eigenvalue weighted by Crippen LogP contribution is 2.36. The van der Waals surface area contributed by atoms with Crippen molar-refractivity contribution in [1.82, 2.24) is 84.7 Å². The van der Waals surface area contributed by atoms with E-state index < -0.39 is 283 Å². The second kappa shape index (κ2) is 56.3. The number of carboxylic acid groups (broad SMARTS) is 3. The van der Waals surface area contributed by atoms with Crippen LogP contribution in [0, 0.1) is 11.8 Å². The van der Waals surface area contributed by atoms with Gasteiger partial charge in [-0.05, 0) is 131 Å². The zero-order valence-corrected chi connectivity index (χ0v) is 76.6. The molecule has 16 atom stereocenters. The Morgan fingerprint density at radius 3 is 1.30 bits per heavy atom. The quantitative estimate of drug-likeness (QED) is 0.0235. The molecule has 0 aromatic heterocycles. The molecule has 0 aliphatic carbocycles. The van der Waals surface area contributed by atoms with Crippen LogP contribution in [0.1, 0.15) is 137 Å². The first-order valence-corrected chi connectivity index (χ1v) is 44.7. The third kappa shape index (κ3) is 39.8. The number of nitrogens with zero attached hydrogens (tertiary/aromatic N) is 1. The summed E-state index contributed by atoms with van der Waals surface area (Å²) >= 11 is 1.63. The topological polar surface area (TPSA) is 733 Å². The molecule has 1 saturated heterocycles. The van der Waals surface area contributed by atoms with Gasteiger partial charge in [0.2, 0.25) is 94.5 Å². The Morgan fingerprint density at radius 2 is 0.842 bits per heavy atom. The highest BCUT2D eigenvalue weighted by molar-refractivity contribution is 8.16. The predicted molar refractivity (Wildman–Crippen MR) is 477 cm³/mol. The number of benzene rings is 3. The average molecular weight is 1910 g/mol.